The van der Waals surface area contributed by atoms with E-state index in [1.165, 1.54) is 13.8 Å². The molecule has 0 aliphatic carbocycles. The summed E-state index contributed by atoms with van der Waals surface area (Å²) in [6, 6.07) is 0. The van der Waals surface area contributed by atoms with Crippen LogP contribution in [0.15, 0.2) is 0 Å². The third-order valence-electron chi connectivity index (χ3n) is 1.40. The fourth-order valence-electron chi connectivity index (χ4n) is 0.646. The van der Waals surface area contributed by atoms with Crippen molar-refractivity contribution in [1.29, 1.82) is 0 Å². The summed E-state index contributed by atoms with van der Waals surface area (Å²) in [6.07, 6.45) is 0. The molecule has 0 fully saturated rings. The number of carboxylic acids is 1. The molecule has 0 aromatic heterocycles. The molecule has 4 nitrogen and oxygen atoms in total. The summed E-state index contributed by atoms with van der Waals surface area (Å²) in [7, 11) is 1.13. The van der Waals surface area contributed by atoms with Crippen LogP contribution in [0.1, 0.15) is 13.8 Å². The molecular weight excluding hydrogens is 160 g/mol. The molecule has 0 saturated heterocycles. The van der Waals surface area contributed by atoms with Gasteiger partial charge in [-0.25, -0.2) is 9.59 Å². The Morgan fingerprint density at radius 2 is 2.00 bits per heavy atom. The third-order valence-corrected chi connectivity index (χ3v) is 1.40. The molecule has 0 aromatic carbocycles. The molecule has 1 unspecified atom stereocenters. The molecule has 0 amide bonds. The number of carboxylic acid groups (broad SMARTS) is 1. The lowest BCUT2D eigenvalue weighted by Gasteiger charge is -2.14. The average molecular weight is 170 g/mol. The molecule has 4 heteroatoms. The number of methoxy groups -OCH3 is 1. The monoisotopic (exact) mass is 170 g/mol. The average Bonchev–Trinajstić information content (AvgIpc) is 2.03. The van der Waals surface area contributed by atoms with E-state index in [9.17, 15) is 9.59 Å². The minimum Gasteiger partial charge on any atom is -0.480 e. The van der Waals surface area contributed by atoms with Crippen LogP contribution in [0.5, 0.6) is 0 Å². The van der Waals surface area contributed by atoms with Gasteiger partial charge >= 0.3 is 11.9 Å². The van der Waals surface area contributed by atoms with Crippen LogP contribution in [-0.2, 0) is 14.3 Å². The molecule has 0 radical (unpaired) electrons. The van der Waals surface area contributed by atoms with Crippen molar-refractivity contribution in [1.82, 2.24) is 0 Å². The number of carbonyl (C=O) groups is 2. The summed E-state index contributed by atoms with van der Waals surface area (Å²) >= 11 is 0. The van der Waals surface area contributed by atoms with Gasteiger partial charge in [-0.3, -0.25) is 0 Å². The number of carbonyl (C=O) groups excluding carboxylic acids is 1. The quantitative estimate of drug-likeness (QED) is 0.367. The van der Waals surface area contributed by atoms with Crippen molar-refractivity contribution < 1.29 is 19.4 Å². The topological polar surface area (TPSA) is 63.6 Å². The highest BCUT2D eigenvalue weighted by molar-refractivity contribution is 6.02. The number of aliphatic carboxylic acids is 1. The fraction of sp³-hybridized carbons (Fsp3) is 0.500. The van der Waals surface area contributed by atoms with Gasteiger partial charge in [0.15, 0.2) is 0 Å². The summed E-state index contributed by atoms with van der Waals surface area (Å²) in [5.41, 5.74) is -1.75. The highest BCUT2D eigenvalue weighted by atomic mass is 16.5. The number of esters is 1. The first-order chi connectivity index (χ1) is 5.49. The van der Waals surface area contributed by atoms with Gasteiger partial charge in [0.1, 0.15) is 0 Å². The minimum absolute atomic E-state index is 0.857. The van der Waals surface area contributed by atoms with Crippen LogP contribution < -0.4 is 0 Å². The SMILES string of the molecule is CC#CC(C)(C(=O)O)C(=O)OC. The van der Waals surface area contributed by atoms with E-state index in [4.69, 9.17) is 5.11 Å². The van der Waals surface area contributed by atoms with E-state index in [1.54, 1.807) is 0 Å². The zero-order chi connectivity index (χ0) is 9.78. The zero-order valence-corrected chi connectivity index (χ0v) is 7.17. The van der Waals surface area contributed by atoms with Crippen LogP contribution in [0.2, 0.25) is 0 Å². The van der Waals surface area contributed by atoms with Crippen LogP contribution in [0.4, 0.5) is 0 Å². The maximum Gasteiger partial charge on any atom is 0.335 e. The standard InChI is InChI=1S/C8H10O4/c1-4-5-8(2,6(9)10)7(11)12-3/h1-3H3,(H,9,10). The Balaban J connectivity index is 4.96. The van der Waals surface area contributed by atoms with E-state index in [1.807, 2.05) is 0 Å². The second-order valence-corrected chi connectivity index (χ2v) is 2.30. The van der Waals surface area contributed by atoms with Crippen molar-refractivity contribution in [3.63, 3.8) is 0 Å². The van der Waals surface area contributed by atoms with E-state index in [0.717, 1.165) is 7.11 Å². The van der Waals surface area contributed by atoms with Crippen molar-refractivity contribution in [2.45, 2.75) is 13.8 Å². The summed E-state index contributed by atoms with van der Waals surface area (Å²) in [5, 5.41) is 8.66. The summed E-state index contributed by atoms with van der Waals surface area (Å²) in [4.78, 5) is 21.6. The smallest absolute Gasteiger partial charge is 0.335 e. The summed E-state index contributed by atoms with van der Waals surface area (Å²) in [5.74, 6) is 2.50. The molecule has 1 N–H and O–H groups in total. The van der Waals surface area contributed by atoms with Crippen molar-refractivity contribution >= 4 is 11.9 Å². The maximum atomic E-state index is 11.0. The van der Waals surface area contributed by atoms with Gasteiger partial charge in [0.05, 0.1) is 7.11 Å². The first-order valence-electron chi connectivity index (χ1n) is 3.24. The second kappa shape index (κ2) is 3.77. The van der Waals surface area contributed by atoms with Crippen LogP contribution in [0.25, 0.3) is 0 Å². The molecule has 0 heterocycles. The molecule has 0 aliphatic heterocycles. The Kier molecular flexibility index (Phi) is 3.30. The fourth-order valence-corrected chi connectivity index (χ4v) is 0.646. The molecule has 0 rings (SSSR count). The maximum absolute atomic E-state index is 11.0. The van der Waals surface area contributed by atoms with Crippen LogP contribution >= 0.6 is 0 Å². The van der Waals surface area contributed by atoms with E-state index in [-0.39, 0.29) is 0 Å². The molecule has 1 atom stereocenters. The molecule has 0 aromatic rings. The Morgan fingerprint density at radius 3 is 2.25 bits per heavy atom. The largest absolute Gasteiger partial charge is 0.480 e. The Morgan fingerprint density at radius 1 is 1.50 bits per heavy atom. The molecule has 0 aliphatic rings. The van der Waals surface area contributed by atoms with Crippen molar-refractivity contribution in [2.75, 3.05) is 7.11 Å². The van der Waals surface area contributed by atoms with Gasteiger partial charge in [0.25, 0.3) is 0 Å². The van der Waals surface area contributed by atoms with E-state index < -0.39 is 17.4 Å². The van der Waals surface area contributed by atoms with Gasteiger partial charge in [-0.05, 0) is 13.8 Å². The van der Waals surface area contributed by atoms with Gasteiger partial charge in [0, 0.05) is 0 Å². The number of rotatable bonds is 2. The summed E-state index contributed by atoms with van der Waals surface area (Å²) in [6.45, 7) is 2.67. The van der Waals surface area contributed by atoms with Crippen molar-refractivity contribution in [2.24, 2.45) is 5.41 Å². The molecule has 66 valence electrons. The predicted octanol–water partition coefficient (Wildman–Crippen LogP) is 0.274. The molecule has 12 heavy (non-hydrogen) atoms. The number of hydrogen-bond acceptors (Lipinski definition) is 3. The Bertz CT molecular complexity index is 258. The van der Waals surface area contributed by atoms with Crippen LogP contribution in [-0.4, -0.2) is 24.2 Å². The van der Waals surface area contributed by atoms with Crippen molar-refractivity contribution in [3.05, 3.63) is 0 Å². The highest BCUT2D eigenvalue weighted by Crippen LogP contribution is 2.16. The zero-order valence-electron chi connectivity index (χ0n) is 7.17. The molecule has 0 saturated carbocycles. The second-order valence-electron chi connectivity index (χ2n) is 2.30. The van der Waals surface area contributed by atoms with E-state index in [0.29, 0.717) is 0 Å². The number of hydrogen-bond donors (Lipinski definition) is 1. The highest BCUT2D eigenvalue weighted by Gasteiger charge is 2.40. The molecular formula is C8H10O4. The Hall–Kier alpha value is -1.50. The lowest BCUT2D eigenvalue weighted by molar-refractivity contribution is -0.160. The van der Waals surface area contributed by atoms with Gasteiger partial charge in [0.2, 0.25) is 5.41 Å². The summed E-state index contributed by atoms with van der Waals surface area (Å²) < 4.78 is 4.31. The van der Waals surface area contributed by atoms with Gasteiger partial charge in [-0.15, -0.1) is 5.92 Å². The lowest BCUT2D eigenvalue weighted by Crippen LogP contribution is -2.35. The van der Waals surface area contributed by atoms with Crippen molar-refractivity contribution in [3.8, 4) is 11.8 Å². The lowest BCUT2D eigenvalue weighted by atomic mass is 9.92. The van der Waals surface area contributed by atoms with E-state index in [2.05, 4.69) is 16.6 Å². The first kappa shape index (κ1) is 10.5. The first-order valence-corrected chi connectivity index (χ1v) is 3.24. The van der Waals surface area contributed by atoms with Crippen LogP contribution in [0, 0.1) is 17.3 Å². The molecule has 0 bridgehead atoms. The van der Waals surface area contributed by atoms with E-state index >= 15 is 0 Å². The number of ether oxygens (including phenoxy) is 1. The predicted molar refractivity (Wildman–Crippen MR) is 41.2 cm³/mol. The molecule has 0 spiro atoms. The normalized spacial score (nSPS) is 13.6. The van der Waals surface area contributed by atoms with Gasteiger partial charge in [-0.2, -0.15) is 0 Å². The van der Waals surface area contributed by atoms with Gasteiger partial charge in [-0.1, -0.05) is 5.92 Å². The minimum atomic E-state index is -1.75. The van der Waals surface area contributed by atoms with Crippen LogP contribution in [0.3, 0.4) is 0 Å². The van der Waals surface area contributed by atoms with Gasteiger partial charge < -0.3 is 9.84 Å². The Labute approximate surface area is 70.5 Å². The third kappa shape index (κ3) is 1.76.